The highest BCUT2D eigenvalue weighted by molar-refractivity contribution is 5.81. The van der Waals surface area contributed by atoms with E-state index in [1.54, 1.807) is 6.08 Å². The lowest BCUT2D eigenvalue weighted by atomic mass is 10.0. The Bertz CT molecular complexity index is 1210. The summed E-state index contributed by atoms with van der Waals surface area (Å²) in [6.07, 6.45) is 110. The normalized spacial score (nSPS) is 11.2. The molecule has 0 saturated heterocycles. The minimum atomic E-state index is -0.208. The first-order valence-corrected chi connectivity index (χ1v) is 43.5. The molecule has 5 nitrogen and oxygen atoms in total. The topological polar surface area (TPSA) is 83.8 Å². The molecule has 0 aliphatic heterocycles. The van der Waals surface area contributed by atoms with Crippen LogP contribution in [0.5, 0.6) is 0 Å². The van der Waals surface area contributed by atoms with E-state index in [1.807, 2.05) is 13.0 Å². The van der Waals surface area contributed by atoms with Crippen molar-refractivity contribution in [3.8, 4) is 0 Å². The smallest absolute Gasteiger partial charge is 0.330 e. The van der Waals surface area contributed by atoms with Crippen LogP contribution in [-0.4, -0.2) is 42.3 Å². The SMILES string of the molecule is CCCCCCCCCCCCCCCCCCCC/C=C/C(=O)OCC.CCCCCCCCCCCCCCCCCCCC=O.CCCCCCCCCCCCCCCCCCCCCCCO.CCCCCCCCCCCCCCCCCCCCO. The van der Waals surface area contributed by atoms with Crippen LogP contribution in [0.2, 0.25) is 0 Å². The minimum Gasteiger partial charge on any atom is -0.463 e. The van der Waals surface area contributed by atoms with Crippen LogP contribution in [0, 0.1) is 0 Å². The van der Waals surface area contributed by atoms with Crippen molar-refractivity contribution in [2.75, 3.05) is 19.8 Å². The van der Waals surface area contributed by atoms with Gasteiger partial charge in [0.25, 0.3) is 0 Å². The van der Waals surface area contributed by atoms with Crippen molar-refractivity contribution in [3.05, 3.63) is 12.2 Å². The van der Waals surface area contributed by atoms with Crippen LogP contribution in [0.15, 0.2) is 12.2 Å². The second-order valence-corrected chi connectivity index (χ2v) is 29.1. The fourth-order valence-corrected chi connectivity index (χ4v) is 13.0. The number of aliphatic hydroxyl groups is 2. The predicted molar refractivity (Wildman–Crippen MR) is 420 cm³/mol. The van der Waals surface area contributed by atoms with Gasteiger partial charge in [0, 0.05) is 25.7 Å². The molecule has 0 bridgehead atoms. The van der Waals surface area contributed by atoms with Crippen LogP contribution in [0.3, 0.4) is 0 Å². The van der Waals surface area contributed by atoms with Crippen LogP contribution in [0.1, 0.15) is 523 Å². The van der Waals surface area contributed by atoms with E-state index in [0.29, 0.717) is 19.8 Å². The van der Waals surface area contributed by atoms with Gasteiger partial charge in [-0.25, -0.2) is 4.79 Å². The number of hydrogen-bond donors (Lipinski definition) is 2. The molecule has 2 N–H and O–H groups in total. The maximum absolute atomic E-state index is 11.1. The summed E-state index contributed by atoms with van der Waals surface area (Å²) in [5, 5.41) is 17.4. The van der Waals surface area contributed by atoms with Gasteiger partial charge < -0.3 is 19.7 Å². The van der Waals surface area contributed by atoms with Crippen LogP contribution in [-0.2, 0) is 14.3 Å². The Hall–Kier alpha value is -1.20. The number of carbonyl (C=O) groups excluding carboxylic acids is 2. The lowest BCUT2D eigenvalue weighted by Crippen LogP contribution is -1.98. The summed E-state index contributed by atoms with van der Waals surface area (Å²) in [6, 6.07) is 0. The lowest BCUT2D eigenvalue weighted by Gasteiger charge is -2.04. The number of unbranched alkanes of at least 4 members (excludes halogenated alkanes) is 72. The van der Waals surface area contributed by atoms with E-state index in [1.165, 1.54) is 456 Å². The van der Waals surface area contributed by atoms with Gasteiger partial charge in [-0.1, -0.05) is 483 Å². The molecule has 0 aliphatic carbocycles. The summed E-state index contributed by atoms with van der Waals surface area (Å²) < 4.78 is 4.86. The number of ether oxygens (including phenoxy) is 1. The third-order valence-electron chi connectivity index (χ3n) is 19.5. The van der Waals surface area contributed by atoms with Crippen molar-refractivity contribution in [2.24, 2.45) is 0 Å². The Morgan fingerprint density at radius 2 is 0.376 bits per heavy atom. The molecule has 560 valence electrons. The number of hydrogen-bond acceptors (Lipinski definition) is 5. The number of rotatable bonds is 78. The van der Waals surface area contributed by atoms with E-state index in [9.17, 15) is 9.59 Å². The van der Waals surface area contributed by atoms with Crippen molar-refractivity contribution >= 4 is 12.3 Å². The number of carbonyl (C=O) groups is 2. The van der Waals surface area contributed by atoms with Gasteiger partial charge in [0.15, 0.2) is 0 Å². The second kappa shape index (κ2) is 102. The zero-order valence-corrected chi connectivity index (χ0v) is 65.2. The Morgan fingerprint density at radius 1 is 0.226 bits per heavy atom. The largest absolute Gasteiger partial charge is 0.463 e. The van der Waals surface area contributed by atoms with E-state index >= 15 is 0 Å². The first kappa shape index (κ1) is 98.2. The molecule has 0 fully saturated rings. The Kier molecular flexibility index (Phi) is 107. The van der Waals surface area contributed by atoms with E-state index < -0.39 is 0 Å². The fraction of sp³-hybridized carbons (Fsp3) is 0.955. The van der Waals surface area contributed by atoms with Crippen molar-refractivity contribution in [1.29, 1.82) is 0 Å². The molecule has 0 aromatic rings. The fourth-order valence-electron chi connectivity index (χ4n) is 13.0. The molecule has 93 heavy (non-hydrogen) atoms. The van der Waals surface area contributed by atoms with Crippen molar-refractivity contribution in [3.63, 3.8) is 0 Å². The van der Waals surface area contributed by atoms with Crippen LogP contribution >= 0.6 is 0 Å². The van der Waals surface area contributed by atoms with Gasteiger partial charge in [-0.2, -0.15) is 0 Å². The summed E-state index contributed by atoms with van der Waals surface area (Å²) in [5.41, 5.74) is 0. The molecule has 0 radical (unpaired) electrons. The number of aliphatic hydroxyl groups excluding tert-OH is 2. The first-order chi connectivity index (χ1) is 46.1. The highest BCUT2D eigenvalue weighted by Gasteiger charge is 2.01. The van der Waals surface area contributed by atoms with Gasteiger partial charge >= 0.3 is 5.97 Å². The summed E-state index contributed by atoms with van der Waals surface area (Å²) in [7, 11) is 0. The Morgan fingerprint density at radius 3 is 0.527 bits per heavy atom. The molecule has 0 aromatic heterocycles. The second-order valence-electron chi connectivity index (χ2n) is 29.1. The van der Waals surface area contributed by atoms with Crippen molar-refractivity contribution in [2.45, 2.75) is 523 Å². The minimum absolute atomic E-state index is 0.208. The first-order valence-electron chi connectivity index (χ1n) is 43.5. The summed E-state index contributed by atoms with van der Waals surface area (Å²) >= 11 is 0. The van der Waals surface area contributed by atoms with Gasteiger partial charge in [0.2, 0.25) is 0 Å². The Labute approximate surface area is 588 Å². The van der Waals surface area contributed by atoms with E-state index in [2.05, 4.69) is 27.7 Å². The van der Waals surface area contributed by atoms with Crippen LogP contribution in [0.25, 0.3) is 0 Å². The summed E-state index contributed by atoms with van der Waals surface area (Å²) in [6.45, 7) is 12.2. The summed E-state index contributed by atoms with van der Waals surface area (Å²) in [5.74, 6) is -0.208. The van der Waals surface area contributed by atoms with Gasteiger partial charge in [0.05, 0.1) is 6.61 Å². The molecular weight excluding hydrogens is 1140 g/mol. The quantitative estimate of drug-likeness (QED) is 0.0274. The van der Waals surface area contributed by atoms with Crippen LogP contribution in [0.4, 0.5) is 0 Å². The zero-order valence-electron chi connectivity index (χ0n) is 65.2. The van der Waals surface area contributed by atoms with Gasteiger partial charge in [-0.15, -0.1) is 0 Å². The molecule has 0 atom stereocenters. The molecule has 0 aromatic carbocycles. The highest BCUT2D eigenvalue weighted by atomic mass is 16.5. The molecule has 0 heterocycles. The highest BCUT2D eigenvalue weighted by Crippen LogP contribution is 2.20. The molecule has 0 rings (SSSR count). The molecule has 0 unspecified atom stereocenters. The van der Waals surface area contributed by atoms with Gasteiger partial charge in [0.1, 0.15) is 6.29 Å². The van der Waals surface area contributed by atoms with E-state index in [-0.39, 0.29) is 5.97 Å². The molecule has 0 spiro atoms. The Balaban J connectivity index is -0.000000571. The average Bonchev–Trinajstić information content (AvgIpc) is 3.58. The van der Waals surface area contributed by atoms with Crippen molar-refractivity contribution in [1.82, 2.24) is 0 Å². The maximum Gasteiger partial charge on any atom is 0.330 e. The molecule has 0 aliphatic rings. The molecular formula is C88H178O5. The average molecular weight is 1320 g/mol. The molecule has 5 heteroatoms. The van der Waals surface area contributed by atoms with Gasteiger partial charge in [-0.3, -0.25) is 0 Å². The van der Waals surface area contributed by atoms with Crippen LogP contribution < -0.4 is 0 Å². The van der Waals surface area contributed by atoms with E-state index in [0.717, 1.165) is 38.4 Å². The monoisotopic (exact) mass is 1320 g/mol. The van der Waals surface area contributed by atoms with Gasteiger partial charge in [-0.05, 0) is 39.0 Å². The third-order valence-corrected chi connectivity index (χ3v) is 19.5. The molecule has 0 amide bonds. The lowest BCUT2D eigenvalue weighted by molar-refractivity contribution is -0.137. The summed E-state index contributed by atoms with van der Waals surface area (Å²) in [4.78, 5) is 21.3. The standard InChI is InChI=1S/C25H48O2.C23H48O.C20H42O.C20H40O/c1-3-5-6-7-8-9-10-11-12-13-14-15-16-17-18-19-20-21-22-23-24-25(26)27-4-2;1-2-3-4-5-6-7-8-9-10-11-12-13-14-15-16-17-18-19-20-21-22-23-24;2*1-2-3-4-5-6-7-8-9-10-11-12-13-14-15-16-17-18-19-20-21/h23-24H,3-22H2,1-2H3;24H,2-23H2,1H3;21H,2-20H2,1H3;20H,2-19H2,1H3/b24-23+;;;. The third kappa shape index (κ3) is 110. The molecule has 0 saturated carbocycles. The van der Waals surface area contributed by atoms with Crippen molar-refractivity contribution < 1.29 is 24.5 Å². The predicted octanol–water partition coefficient (Wildman–Crippen LogP) is 31.0. The number of esters is 1. The number of allylic oxidation sites excluding steroid dienone is 1. The van der Waals surface area contributed by atoms with E-state index in [4.69, 9.17) is 14.9 Å². The zero-order chi connectivity index (χ0) is 68.3. The number of aldehydes is 1. The maximum atomic E-state index is 11.1.